The SMILES string of the molecule is CN.CN(C)CCOc1cccc2c1[nH]c1ccc(F)cc12. The molecule has 3 rings (SSSR count). The summed E-state index contributed by atoms with van der Waals surface area (Å²) in [4.78, 5) is 5.38. The molecule has 0 aliphatic carbocycles. The van der Waals surface area contributed by atoms with Crippen LogP contribution in [0.25, 0.3) is 21.8 Å². The van der Waals surface area contributed by atoms with Gasteiger partial charge in [-0.15, -0.1) is 0 Å². The van der Waals surface area contributed by atoms with E-state index in [9.17, 15) is 4.39 Å². The van der Waals surface area contributed by atoms with Crippen molar-refractivity contribution in [2.24, 2.45) is 5.73 Å². The van der Waals surface area contributed by atoms with E-state index in [1.807, 2.05) is 32.3 Å². The normalized spacial score (nSPS) is 10.8. The Labute approximate surface area is 129 Å². The predicted molar refractivity (Wildman–Crippen MR) is 89.9 cm³/mol. The Bertz CT molecular complexity index is 752. The van der Waals surface area contributed by atoms with Crippen molar-refractivity contribution in [3.63, 3.8) is 0 Å². The van der Waals surface area contributed by atoms with Crippen LogP contribution in [0, 0.1) is 5.82 Å². The van der Waals surface area contributed by atoms with Crippen LogP contribution in [-0.4, -0.2) is 44.2 Å². The summed E-state index contributed by atoms with van der Waals surface area (Å²) in [5, 5.41) is 1.87. The van der Waals surface area contributed by atoms with E-state index in [1.54, 1.807) is 12.1 Å². The molecule has 0 bridgehead atoms. The lowest BCUT2D eigenvalue weighted by molar-refractivity contribution is 0.263. The second kappa shape index (κ2) is 7.24. The molecule has 2 aromatic carbocycles. The number of nitrogens with one attached hydrogen (secondary N) is 1. The number of fused-ring (bicyclic) bond motifs is 3. The minimum absolute atomic E-state index is 0.225. The maximum atomic E-state index is 13.4. The Morgan fingerprint density at radius 1 is 1.14 bits per heavy atom. The molecule has 22 heavy (non-hydrogen) atoms. The number of likely N-dealkylation sites (N-methyl/N-ethyl adjacent to an activating group) is 1. The average molecular weight is 303 g/mol. The van der Waals surface area contributed by atoms with Crippen LogP contribution in [0.15, 0.2) is 36.4 Å². The number of aromatic nitrogens is 1. The van der Waals surface area contributed by atoms with Gasteiger partial charge in [0.25, 0.3) is 0 Å². The fraction of sp³-hybridized carbons (Fsp3) is 0.294. The maximum Gasteiger partial charge on any atom is 0.143 e. The quantitative estimate of drug-likeness (QED) is 0.779. The second-order valence-corrected chi connectivity index (χ2v) is 5.15. The number of nitrogens with zero attached hydrogens (tertiary/aromatic N) is 1. The van der Waals surface area contributed by atoms with Gasteiger partial charge < -0.3 is 20.4 Å². The van der Waals surface area contributed by atoms with E-state index < -0.39 is 0 Å². The maximum absolute atomic E-state index is 13.4. The topological polar surface area (TPSA) is 54.3 Å². The van der Waals surface area contributed by atoms with Crippen LogP contribution in [-0.2, 0) is 0 Å². The van der Waals surface area contributed by atoms with E-state index in [0.29, 0.717) is 6.61 Å². The van der Waals surface area contributed by atoms with Gasteiger partial charge in [0.1, 0.15) is 18.2 Å². The first-order valence-corrected chi connectivity index (χ1v) is 7.20. The van der Waals surface area contributed by atoms with Gasteiger partial charge in [-0.2, -0.15) is 0 Å². The fourth-order valence-corrected chi connectivity index (χ4v) is 2.33. The van der Waals surface area contributed by atoms with Crippen molar-refractivity contribution < 1.29 is 9.13 Å². The van der Waals surface area contributed by atoms with Crippen LogP contribution < -0.4 is 10.5 Å². The summed E-state index contributed by atoms with van der Waals surface area (Å²) in [7, 11) is 5.52. The molecule has 0 aliphatic heterocycles. The Balaban J connectivity index is 0.000000847. The van der Waals surface area contributed by atoms with Gasteiger partial charge >= 0.3 is 0 Å². The number of hydrogen-bond donors (Lipinski definition) is 2. The summed E-state index contributed by atoms with van der Waals surface area (Å²) in [6.07, 6.45) is 0. The van der Waals surface area contributed by atoms with Gasteiger partial charge in [-0.3, -0.25) is 0 Å². The van der Waals surface area contributed by atoms with Crippen LogP contribution in [0.1, 0.15) is 0 Å². The van der Waals surface area contributed by atoms with E-state index in [4.69, 9.17) is 4.74 Å². The lowest BCUT2D eigenvalue weighted by Gasteiger charge is -2.11. The number of para-hydroxylation sites is 1. The van der Waals surface area contributed by atoms with Crippen molar-refractivity contribution in [3.8, 4) is 5.75 Å². The van der Waals surface area contributed by atoms with Crippen LogP contribution in [0.4, 0.5) is 4.39 Å². The molecule has 118 valence electrons. The van der Waals surface area contributed by atoms with Crippen LogP contribution >= 0.6 is 0 Å². The highest BCUT2D eigenvalue weighted by molar-refractivity contribution is 6.09. The fourth-order valence-electron chi connectivity index (χ4n) is 2.33. The minimum atomic E-state index is -0.225. The molecule has 0 aliphatic rings. The van der Waals surface area contributed by atoms with Gasteiger partial charge in [-0.25, -0.2) is 4.39 Å². The molecular weight excluding hydrogens is 281 g/mol. The third kappa shape index (κ3) is 3.37. The van der Waals surface area contributed by atoms with Gasteiger partial charge in [0.05, 0.1) is 5.52 Å². The Morgan fingerprint density at radius 3 is 2.64 bits per heavy atom. The van der Waals surface area contributed by atoms with E-state index in [2.05, 4.69) is 15.6 Å². The molecule has 1 heterocycles. The molecule has 0 radical (unpaired) electrons. The van der Waals surface area contributed by atoms with Crippen molar-refractivity contribution in [2.45, 2.75) is 0 Å². The molecule has 0 unspecified atom stereocenters. The number of H-pyrrole nitrogens is 1. The molecule has 0 amide bonds. The van der Waals surface area contributed by atoms with Crippen molar-refractivity contribution in [2.75, 3.05) is 34.3 Å². The zero-order chi connectivity index (χ0) is 16.1. The molecule has 3 N–H and O–H groups in total. The summed E-state index contributed by atoms with van der Waals surface area (Å²) in [5.41, 5.74) is 6.34. The first-order valence-electron chi connectivity index (χ1n) is 7.20. The Hall–Kier alpha value is -2.11. The highest BCUT2D eigenvalue weighted by Gasteiger charge is 2.09. The number of benzene rings is 2. The van der Waals surface area contributed by atoms with Crippen molar-refractivity contribution in [1.82, 2.24) is 9.88 Å². The largest absolute Gasteiger partial charge is 0.490 e. The summed E-state index contributed by atoms with van der Waals surface area (Å²) in [5.74, 6) is 0.582. The number of halogens is 1. The zero-order valence-corrected chi connectivity index (χ0v) is 13.2. The third-order valence-electron chi connectivity index (χ3n) is 3.35. The van der Waals surface area contributed by atoms with Crippen molar-refractivity contribution in [1.29, 1.82) is 0 Å². The number of ether oxygens (including phenoxy) is 1. The van der Waals surface area contributed by atoms with Crippen LogP contribution in [0.5, 0.6) is 5.75 Å². The first kappa shape index (κ1) is 16.3. The molecule has 4 nitrogen and oxygen atoms in total. The second-order valence-electron chi connectivity index (χ2n) is 5.15. The third-order valence-corrected chi connectivity index (χ3v) is 3.35. The molecule has 0 saturated carbocycles. The highest BCUT2D eigenvalue weighted by Crippen LogP contribution is 2.31. The standard InChI is InChI=1S/C16H17FN2O.CH5N/c1-19(2)8-9-20-15-5-3-4-12-13-10-11(17)6-7-14(13)18-16(12)15;1-2/h3-7,10,18H,8-9H2,1-2H3;2H2,1H3. The van der Waals surface area contributed by atoms with E-state index in [1.165, 1.54) is 13.1 Å². The van der Waals surface area contributed by atoms with Crippen LogP contribution in [0.3, 0.4) is 0 Å². The smallest absolute Gasteiger partial charge is 0.143 e. The average Bonchev–Trinajstić information content (AvgIpc) is 2.88. The van der Waals surface area contributed by atoms with Crippen molar-refractivity contribution in [3.05, 3.63) is 42.2 Å². The van der Waals surface area contributed by atoms with Gasteiger partial charge in [0, 0.05) is 22.8 Å². The minimum Gasteiger partial charge on any atom is -0.490 e. The molecule has 0 spiro atoms. The number of hydrogen-bond acceptors (Lipinski definition) is 3. The molecular formula is C17H22FN3O. The molecule has 1 aromatic heterocycles. The van der Waals surface area contributed by atoms with Gasteiger partial charge in [-0.1, -0.05) is 12.1 Å². The molecule has 0 saturated heterocycles. The lowest BCUT2D eigenvalue weighted by atomic mass is 10.1. The van der Waals surface area contributed by atoms with Gasteiger partial charge in [-0.05, 0) is 45.4 Å². The lowest BCUT2D eigenvalue weighted by Crippen LogP contribution is -2.19. The molecule has 0 fully saturated rings. The Morgan fingerprint density at radius 2 is 1.91 bits per heavy atom. The van der Waals surface area contributed by atoms with Gasteiger partial charge in [0.15, 0.2) is 0 Å². The summed E-state index contributed by atoms with van der Waals surface area (Å²) in [6.45, 7) is 1.47. The predicted octanol–water partition coefficient (Wildman–Crippen LogP) is 2.98. The molecule has 3 aromatic rings. The molecule has 0 atom stereocenters. The highest BCUT2D eigenvalue weighted by atomic mass is 19.1. The van der Waals surface area contributed by atoms with E-state index in [0.717, 1.165) is 34.1 Å². The summed E-state index contributed by atoms with van der Waals surface area (Å²) >= 11 is 0. The summed E-state index contributed by atoms with van der Waals surface area (Å²) < 4.78 is 19.2. The van der Waals surface area contributed by atoms with Crippen LogP contribution in [0.2, 0.25) is 0 Å². The Kier molecular flexibility index (Phi) is 5.35. The summed E-state index contributed by atoms with van der Waals surface area (Å²) in [6, 6.07) is 10.6. The first-order chi connectivity index (χ1) is 10.6. The zero-order valence-electron chi connectivity index (χ0n) is 13.2. The van der Waals surface area contributed by atoms with Gasteiger partial charge in [0.2, 0.25) is 0 Å². The van der Waals surface area contributed by atoms with E-state index >= 15 is 0 Å². The monoisotopic (exact) mass is 303 g/mol. The van der Waals surface area contributed by atoms with E-state index in [-0.39, 0.29) is 5.82 Å². The van der Waals surface area contributed by atoms with Crippen molar-refractivity contribution >= 4 is 21.8 Å². The number of nitrogens with two attached hydrogens (primary N) is 1. The molecule has 5 heteroatoms. The number of rotatable bonds is 4. The number of aromatic amines is 1.